The van der Waals surface area contributed by atoms with Gasteiger partial charge in [-0.05, 0) is 44.4 Å². The van der Waals surface area contributed by atoms with Gasteiger partial charge in [0.25, 0.3) is 0 Å². The highest BCUT2D eigenvalue weighted by atomic mass is 16.5. The zero-order valence-corrected chi connectivity index (χ0v) is 18.2. The molecule has 3 atom stereocenters. The molecule has 1 rings (SSSR count). The summed E-state index contributed by atoms with van der Waals surface area (Å²) in [6, 6.07) is 2.52. The first-order chi connectivity index (χ1) is 13.7. The van der Waals surface area contributed by atoms with Gasteiger partial charge in [0, 0.05) is 12.3 Å². The highest BCUT2D eigenvalue weighted by molar-refractivity contribution is 5.69. The monoisotopic (exact) mass is 387 g/mol. The number of carbonyl (C=O) groups is 1. The maximum Gasteiger partial charge on any atom is 0.305 e. The molecule has 1 aliphatic rings. The summed E-state index contributed by atoms with van der Waals surface area (Å²) in [5.41, 5.74) is 0. The maximum absolute atomic E-state index is 11.5. The molecular weight excluding hydrogens is 346 g/mol. The van der Waals surface area contributed by atoms with Gasteiger partial charge in [-0.3, -0.25) is 4.79 Å². The van der Waals surface area contributed by atoms with E-state index in [1.807, 2.05) is 0 Å². The van der Waals surface area contributed by atoms with Gasteiger partial charge in [0.2, 0.25) is 0 Å². The number of hydrogen-bond acceptors (Lipinski definition) is 3. The van der Waals surface area contributed by atoms with Crippen LogP contribution in [0, 0.1) is 29.1 Å². The molecule has 0 heterocycles. The Labute approximate surface area is 173 Å². The normalized spacial score (nSPS) is 21.7. The number of carbonyl (C=O) groups excluding carboxylic acids is 1. The molecule has 0 bridgehead atoms. The van der Waals surface area contributed by atoms with Gasteiger partial charge in [0.1, 0.15) is 0 Å². The first-order valence-electron chi connectivity index (χ1n) is 11.6. The van der Waals surface area contributed by atoms with E-state index in [4.69, 9.17) is 4.74 Å². The standard InChI is InChI=1S/C25H41NO2/c1-3-5-14-22-17-18-23(24(20-22)21-26)15-12-10-8-7-9-11-13-16-25(27)28-19-6-4-2/h12,15,17-18,22-24H,3-11,13-14,16,19-20H2,1-2H3/b15-12+. The number of esters is 1. The largest absolute Gasteiger partial charge is 0.466 e. The third-order valence-corrected chi connectivity index (χ3v) is 5.59. The summed E-state index contributed by atoms with van der Waals surface area (Å²) in [5.74, 6) is 0.987. The van der Waals surface area contributed by atoms with E-state index in [-0.39, 0.29) is 11.9 Å². The molecule has 0 N–H and O–H groups in total. The lowest BCUT2D eigenvalue weighted by Gasteiger charge is -2.25. The smallest absolute Gasteiger partial charge is 0.305 e. The Morgan fingerprint density at radius 2 is 1.82 bits per heavy atom. The number of nitrogens with zero attached hydrogens (tertiary/aromatic N) is 1. The zero-order valence-electron chi connectivity index (χ0n) is 18.2. The number of unbranched alkanes of at least 4 members (excludes halogenated alkanes) is 7. The first kappa shape index (κ1) is 24.5. The van der Waals surface area contributed by atoms with Gasteiger partial charge in [0.05, 0.1) is 18.6 Å². The average Bonchev–Trinajstić information content (AvgIpc) is 2.71. The predicted octanol–water partition coefficient (Wildman–Crippen LogP) is 7.14. The molecule has 28 heavy (non-hydrogen) atoms. The fourth-order valence-electron chi connectivity index (χ4n) is 3.72. The summed E-state index contributed by atoms with van der Waals surface area (Å²) in [6.45, 7) is 4.90. The lowest BCUT2D eigenvalue weighted by atomic mass is 9.78. The number of nitriles is 1. The molecule has 0 saturated carbocycles. The molecular formula is C25H41NO2. The molecule has 3 unspecified atom stereocenters. The molecule has 1 aliphatic carbocycles. The van der Waals surface area contributed by atoms with Crippen LogP contribution in [0.3, 0.4) is 0 Å². The molecule has 0 spiro atoms. The summed E-state index contributed by atoms with van der Waals surface area (Å²) in [7, 11) is 0. The van der Waals surface area contributed by atoms with Crippen LogP contribution in [0.1, 0.15) is 97.3 Å². The molecule has 0 fully saturated rings. The van der Waals surface area contributed by atoms with Crippen LogP contribution in [0.25, 0.3) is 0 Å². The van der Waals surface area contributed by atoms with Crippen LogP contribution in [0.5, 0.6) is 0 Å². The number of allylic oxidation sites excluding steroid dienone is 4. The topological polar surface area (TPSA) is 50.1 Å². The van der Waals surface area contributed by atoms with Crippen LogP contribution < -0.4 is 0 Å². The van der Waals surface area contributed by atoms with Crippen LogP contribution in [0.4, 0.5) is 0 Å². The van der Waals surface area contributed by atoms with Crippen molar-refractivity contribution in [3.05, 3.63) is 24.3 Å². The minimum absolute atomic E-state index is 0.0408. The third-order valence-electron chi connectivity index (χ3n) is 5.59. The molecule has 0 aromatic heterocycles. The average molecular weight is 388 g/mol. The van der Waals surface area contributed by atoms with Crippen molar-refractivity contribution in [1.82, 2.24) is 0 Å². The predicted molar refractivity (Wildman–Crippen MR) is 117 cm³/mol. The quantitative estimate of drug-likeness (QED) is 0.170. The van der Waals surface area contributed by atoms with E-state index < -0.39 is 0 Å². The summed E-state index contributed by atoms with van der Waals surface area (Å²) < 4.78 is 5.17. The van der Waals surface area contributed by atoms with Crippen molar-refractivity contribution in [2.24, 2.45) is 17.8 Å². The van der Waals surface area contributed by atoms with Gasteiger partial charge in [-0.2, -0.15) is 5.26 Å². The Balaban J connectivity index is 2.08. The van der Waals surface area contributed by atoms with Crippen LogP contribution >= 0.6 is 0 Å². The third kappa shape index (κ3) is 11.3. The fraction of sp³-hybridized carbons (Fsp3) is 0.760. The second-order valence-corrected chi connectivity index (χ2v) is 8.14. The van der Waals surface area contributed by atoms with E-state index in [1.54, 1.807) is 0 Å². The molecule has 158 valence electrons. The van der Waals surface area contributed by atoms with Gasteiger partial charge in [0.15, 0.2) is 0 Å². The molecule has 0 aromatic rings. The van der Waals surface area contributed by atoms with Crippen LogP contribution in [-0.4, -0.2) is 12.6 Å². The summed E-state index contributed by atoms with van der Waals surface area (Å²) in [6.07, 6.45) is 23.1. The van der Waals surface area contributed by atoms with E-state index in [0.717, 1.165) is 38.5 Å². The van der Waals surface area contributed by atoms with Crippen LogP contribution in [0.15, 0.2) is 24.3 Å². The Kier molecular flexibility index (Phi) is 14.3. The molecule has 3 nitrogen and oxygen atoms in total. The lowest BCUT2D eigenvalue weighted by Crippen LogP contribution is -2.18. The van der Waals surface area contributed by atoms with Crippen LogP contribution in [0.2, 0.25) is 0 Å². The number of hydrogen-bond donors (Lipinski definition) is 0. The van der Waals surface area contributed by atoms with Gasteiger partial charge in [-0.25, -0.2) is 0 Å². The first-order valence-corrected chi connectivity index (χ1v) is 11.6. The Morgan fingerprint density at radius 1 is 1.07 bits per heavy atom. The Hall–Kier alpha value is -1.56. The van der Waals surface area contributed by atoms with Gasteiger partial charge in [-0.1, -0.05) is 76.7 Å². The number of rotatable bonds is 15. The van der Waals surface area contributed by atoms with Gasteiger partial charge < -0.3 is 4.74 Å². The van der Waals surface area contributed by atoms with E-state index >= 15 is 0 Å². The lowest BCUT2D eigenvalue weighted by molar-refractivity contribution is -0.143. The van der Waals surface area contributed by atoms with Gasteiger partial charge in [-0.15, -0.1) is 0 Å². The molecule has 0 amide bonds. The zero-order chi connectivity index (χ0) is 20.5. The van der Waals surface area contributed by atoms with Crippen molar-refractivity contribution in [2.45, 2.75) is 97.3 Å². The van der Waals surface area contributed by atoms with E-state index in [0.29, 0.717) is 24.9 Å². The number of ether oxygens (including phenoxy) is 1. The highest BCUT2D eigenvalue weighted by Gasteiger charge is 2.24. The minimum atomic E-state index is -0.0408. The van der Waals surface area contributed by atoms with Crippen molar-refractivity contribution in [3.63, 3.8) is 0 Å². The van der Waals surface area contributed by atoms with Crippen LogP contribution in [-0.2, 0) is 9.53 Å². The van der Waals surface area contributed by atoms with Crippen molar-refractivity contribution >= 4 is 5.97 Å². The van der Waals surface area contributed by atoms with Crippen molar-refractivity contribution in [1.29, 1.82) is 5.26 Å². The van der Waals surface area contributed by atoms with Crippen molar-refractivity contribution in [3.8, 4) is 6.07 Å². The van der Waals surface area contributed by atoms with Gasteiger partial charge >= 0.3 is 5.97 Å². The van der Waals surface area contributed by atoms with Crippen molar-refractivity contribution < 1.29 is 9.53 Å². The molecule has 0 aliphatic heterocycles. The summed E-state index contributed by atoms with van der Waals surface area (Å²) in [5, 5.41) is 9.48. The van der Waals surface area contributed by atoms with E-state index in [1.165, 1.54) is 38.5 Å². The molecule has 0 radical (unpaired) electrons. The molecule has 3 heteroatoms. The second-order valence-electron chi connectivity index (χ2n) is 8.14. The maximum atomic E-state index is 11.5. The minimum Gasteiger partial charge on any atom is -0.466 e. The van der Waals surface area contributed by atoms with E-state index in [9.17, 15) is 10.1 Å². The molecule has 0 aromatic carbocycles. The van der Waals surface area contributed by atoms with E-state index in [2.05, 4.69) is 44.2 Å². The SMILES string of the molecule is CCCCOC(=O)CCCCCCC/C=C/C1C=CC(CCCC)CC1C#N. The fourth-order valence-corrected chi connectivity index (χ4v) is 3.72. The Morgan fingerprint density at radius 3 is 2.57 bits per heavy atom. The molecule has 0 saturated heterocycles. The summed E-state index contributed by atoms with van der Waals surface area (Å²) >= 11 is 0. The van der Waals surface area contributed by atoms with Crippen molar-refractivity contribution in [2.75, 3.05) is 6.61 Å². The second kappa shape index (κ2) is 16.4. The highest BCUT2D eigenvalue weighted by Crippen LogP contribution is 2.31. The summed E-state index contributed by atoms with van der Waals surface area (Å²) in [4.78, 5) is 11.5. The Bertz CT molecular complexity index is 503.